The van der Waals surface area contributed by atoms with Crippen LogP contribution >= 0.6 is 0 Å². The third kappa shape index (κ3) is 3.65. The largest absolute Gasteiger partial charge is 0.377 e. The molecule has 140 valence electrons. The van der Waals surface area contributed by atoms with Crippen molar-refractivity contribution < 1.29 is 9.72 Å². The molecule has 0 spiro atoms. The van der Waals surface area contributed by atoms with Crippen LogP contribution in [0.4, 0.5) is 11.4 Å². The van der Waals surface area contributed by atoms with Crippen molar-refractivity contribution in [1.82, 2.24) is 4.90 Å². The number of carbonyl (C=O) groups is 1. The lowest BCUT2D eigenvalue weighted by Crippen LogP contribution is -2.30. The van der Waals surface area contributed by atoms with Crippen LogP contribution in [0.5, 0.6) is 0 Å². The summed E-state index contributed by atoms with van der Waals surface area (Å²) in [6.45, 7) is 2.71. The highest BCUT2D eigenvalue weighted by Crippen LogP contribution is 2.35. The van der Waals surface area contributed by atoms with Gasteiger partial charge in [-0.1, -0.05) is 29.8 Å². The molecule has 27 heavy (non-hydrogen) atoms. The fourth-order valence-electron chi connectivity index (χ4n) is 3.70. The van der Waals surface area contributed by atoms with Crippen LogP contribution in [0.25, 0.3) is 0 Å². The molecule has 6 nitrogen and oxygen atoms in total. The number of hydrogen-bond acceptors (Lipinski definition) is 4. The van der Waals surface area contributed by atoms with Gasteiger partial charge in [0.15, 0.2) is 0 Å². The molecule has 1 amide bonds. The van der Waals surface area contributed by atoms with E-state index in [1.165, 1.54) is 11.6 Å². The summed E-state index contributed by atoms with van der Waals surface area (Å²) in [4.78, 5) is 26.0. The molecule has 4 rings (SSSR count). The predicted molar refractivity (Wildman–Crippen MR) is 104 cm³/mol. The molecule has 1 aliphatic carbocycles. The third-order valence-electron chi connectivity index (χ3n) is 5.35. The van der Waals surface area contributed by atoms with Gasteiger partial charge < -0.3 is 10.2 Å². The SMILES string of the molecule is Cc1ccc(C2CCCN2C(=O)c2ccc(NC3CC3)c([N+](=O)[O-])c2)cc1. The minimum absolute atomic E-state index is 0.0289. The van der Waals surface area contributed by atoms with E-state index in [-0.39, 0.29) is 17.6 Å². The Balaban J connectivity index is 1.60. The Kier molecular flexibility index (Phi) is 4.56. The number of rotatable bonds is 5. The van der Waals surface area contributed by atoms with Gasteiger partial charge in [-0.3, -0.25) is 14.9 Å². The van der Waals surface area contributed by atoms with Crippen LogP contribution in [-0.4, -0.2) is 28.3 Å². The summed E-state index contributed by atoms with van der Waals surface area (Å²) in [5.41, 5.74) is 3.15. The van der Waals surface area contributed by atoms with E-state index in [2.05, 4.69) is 29.6 Å². The van der Waals surface area contributed by atoms with E-state index in [1.807, 2.05) is 11.8 Å². The van der Waals surface area contributed by atoms with Crippen molar-refractivity contribution in [1.29, 1.82) is 0 Å². The van der Waals surface area contributed by atoms with Crippen LogP contribution in [0.3, 0.4) is 0 Å². The summed E-state index contributed by atoms with van der Waals surface area (Å²) in [5.74, 6) is -0.140. The first-order valence-corrected chi connectivity index (χ1v) is 9.45. The number of nitro benzene ring substituents is 1. The summed E-state index contributed by atoms with van der Waals surface area (Å²) >= 11 is 0. The minimum Gasteiger partial charge on any atom is -0.377 e. The lowest BCUT2D eigenvalue weighted by atomic mass is 10.0. The van der Waals surface area contributed by atoms with Crippen LogP contribution < -0.4 is 5.32 Å². The maximum absolute atomic E-state index is 13.1. The number of aryl methyl sites for hydroxylation is 1. The molecule has 2 fully saturated rings. The summed E-state index contributed by atoms with van der Waals surface area (Å²) in [6.07, 6.45) is 3.92. The van der Waals surface area contributed by atoms with Crippen molar-refractivity contribution in [3.05, 3.63) is 69.3 Å². The van der Waals surface area contributed by atoms with Crippen LogP contribution in [0.2, 0.25) is 0 Å². The Morgan fingerprint density at radius 3 is 2.56 bits per heavy atom. The van der Waals surface area contributed by atoms with Gasteiger partial charge in [0.2, 0.25) is 0 Å². The standard InChI is InChI=1S/C21H23N3O3/c1-14-4-6-15(7-5-14)19-3-2-12-23(19)21(25)16-8-11-18(22-17-9-10-17)20(13-16)24(26)27/h4-8,11,13,17,19,22H,2-3,9-10,12H2,1H3. The van der Waals surface area contributed by atoms with Crippen molar-refractivity contribution in [2.24, 2.45) is 0 Å². The van der Waals surface area contributed by atoms with E-state index in [0.29, 0.717) is 23.8 Å². The minimum atomic E-state index is -0.414. The van der Waals surface area contributed by atoms with E-state index in [4.69, 9.17) is 0 Å². The molecule has 0 bridgehead atoms. The van der Waals surface area contributed by atoms with E-state index >= 15 is 0 Å². The maximum Gasteiger partial charge on any atom is 0.293 e. The Morgan fingerprint density at radius 1 is 1.15 bits per heavy atom. The summed E-state index contributed by atoms with van der Waals surface area (Å²) in [6, 6.07) is 13.4. The summed E-state index contributed by atoms with van der Waals surface area (Å²) in [7, 11) is 0. The van der Waals surface area contributed by atoms with Gasteiger partial charge in [0.05, 0.1) is 11.0 Å². The van der Waals surface area contributed by atoms with Crippen molar-refractivity contribution in [3.63, 3.8) is 0 Å². The number of likely N-dealkylation sites (tertiary alicyclic amines) is 1. The summed E-state index contributed by atoms with van der Waals surface area (Å²) < 4.78 is 0. The van der Waals surface area contributed by atoms with E-state index in [9.17, 15) is 14.9 Å². The quantitative estimate of drug-likeness (QED) is 0.627. The molecule has 1 saturated heterocycles. The van der Waals surface area contributed by atoms with Gasteiger partial charge in [0, 0.05) is 24.2 Å². The summed E-state index contributed by atoms with van der Waals surface area (Å²) in [5, 5.41) is 14.7. The average Bonchev–Trinajstić information content (AvgIpc) is 3.34. The molecule has 1 N–H and O–H groups in total. The Hall–Kier alpha value is -2.89. The monoisotopic (exact) mass is 365 g/mol. The Bertz CT molecular complexity index is 875. The average molecular weight is 365 g/mol. The number of benzene rings is 2. The zero-order valence-electron chi connectivity index (χ0n) is 15.4. The molecule has 1 unspecified atom stereocenters. The molecular formula is C21H23N3O3. The number of amides is 1. The molecule has 6 heteroatoms. The van der Waals surface area contributed by atoms with Crippen LogP contribution in [0.15, 0.2) is 42.5 Å². The molecular weight excluding hydrogens is 342 g/mol. The number of nitrogens with zero attached hydrogens (tertiary/aromatic N) is 2. The van der Waals surface area contributed by atoms with E-state index in [0.717, 1.165) is 31.2 Å². The van der Waals surface area contributed by atoms with Crippen molar-refractivity contribution in [3.8, 4) is 0 Å². The van der Waals surface area contributed by atoms with Crippen molar-refractivity contribution >= 4 is 17.3 Å². The second kappa shape index (κ2) is 7.02. The van der Waals surface area contributed by atoms with Crippen molar-refractivity contribution in [2.75, 3.05) is 11.9 Å². The normalized spacial score (nSPS) is 19.1. The number of nitrogens with one attached hydrogen (secondary N) is 1. The number of hydrogen-bond donors (Lipinski definition) is 1. The number of nitro groups is 1. The molecule has 1 aliphatic heterocycles. The molecule has 0 aromatic heterocycles. The van der Waals surface area contributed by atoms with Crippen LogP contribution in [-0.2, 0) is 0 Å². The topological polar surface area (TPSA) is 75.5 Å². The molecule has 2 aliphatic rings. The smallest absolute Gasteiger partial charge is 0.293 e. The number of carbonyl (C=O) groups excluding carboxylic acids is 1. The maximum atomic E-state index is 13.1. The third-order valence-corrected chi connectivity index (χ3v) is 5.35. The van der Waals surface area contributed by atoms with Gasteiger partial charge in [0.25, 0.3) is 11.6 Å². The molecule has 1 atom stereocenters. The van der Waals surface area contributed by atoms with Gasteiger partial charge in [0.1, 0.15) is 5.69 Å². The van der Waals surface area contributed by atoms with Gasteiger partial charge in [-0.15, -0.1) is 0 Å². The van der Waals surface area contributed by atoms with Gasteiger partial charge in [-0.2, -0.15) is 0 Å². The van der Waals surface area contributed by atoms with Crippen molar-refractivity contribution in [2.45, 2.75) is 44.7 Å². The highest BCUT2D eigenvalue weighted by atomic mass is 16.6. The molecule has 1 heterocycles. The van der Waals surface area contributed by atoms with Gasteiger partial charge >= 0.3 is 0 Å². The fraction of sp³-hybridized carbons (Fsp3) is 0.381. The van der Waals surface area contributed by atoms with Gasteiger partial charge in [-0.25, -0.2) is 0 Å². The lowest BCUT2D eigenvalue weighted by Gasteiger charge is -2.25. The molecule has 2 aromatic rings. The molecule has 0 radical (unpaired) electrons. The zero-order valence-corrected chi connectivity index (χ0v) is 15.4. The van der Waals surface area contributed by atoms with Crippen LogP contribution in [0, 0.1) is 17.0 Å². The highest BCUT2D eigenvalue weighted by molar-refractivity contribution is 5.96. The van der Waals surface area contributed by atoms with Gasteiger partial charge in [-0.05, 0) is 50.3 Å². The molecule has 2 aromatic carbocycles. The van der Waals surface area contributed by atoms with E-state index < -0.39 is 4.92 Å². The Labute approximate surface area is 158 Å². The highest BCUT2D eigenvalue weighted by Gasteiger charge is 2.32. The fourth-order valence-corrected chi connectivity index (χ4v) is 3.70. The first-order chi connectivity index (χ1) is 13.0. The predicted octanol–water partition coefficient (Wildman–Crippen LogP) is 4.45. The van der Waals surface area contributed by atoms with E-state index in [1.54, 1.807) is 12.1 Å². The second-order valence-corrected chi connectivity index (χ2v) is 7.47. The first kappa shape index (κ1) is 17.5. The molecule has 1 saturated carbocycles. The zero-order chi connectivity index (χ0) is 19.0. The lowest BCUT2D eigenvalue weighted by molar-refractivity contribution is -0.384. The van der Waals surface area contributed by atoms with Crippen LogP contribution in [0.1, 0.15) is 53.2 Å². The second-order valence-electron chi connectivity index (χ2n) is 7.47. The number of anilines is 1. The first-order valence-electron chi connectivity index (χ1n) is 9.45. The Morgan fingerprint density at radius 2 is 1.89 bits per heavy atom.